The zero-order valence-corrected chi connectivity index (χ0v) is 17.8. The number of halogens is 1. The molecule has 4 rings (SSSR count). The van der Waals surface area contributed by atoms with Crippen LogP contribution in [0.1, 0.15) is 56.4 Å². The van der Waals surface area contributed by atoms with Gasteiger partial charge in [0, 0.05) is 24.2 Å². The third-order valence-corrected chi connectivity index (χ3v) is 6.10. The number of hydrogen-bond donors (Lipinski definition) is 1. The number of imidazole rings is 1. The number of piperidine rings is 1. The Kier molecular flexibility index (Phi) is 5.88. The molecule has 0 spiro atoms. The van der Waals surface area contributed by atoms with E-state index in [4.69, 9.17) is 16.9 Å². The molecule has 31 heavy (non-hydrogen) atoms. The quantitative estimate of drug-likeness (QED) is 0.603. The van der Waals surface area contributed by atoms with Crippen LogP contribution in [-0.2, 0) is 0 Å². The smallest absolute Gasteiger partial charge is 0.253 e. The third kappa shape index (κ3) is 4.23. The molecule has 0 saturated carbocycles. The maximum absolute atomic E-state index is 13.1. The molecule has 1 saturated heterocycles. The molecule has 1 fully saturated rings. The number of aryl methyl sites for hydroxylation is 1. The van der Waals surface area contributed by atoms with E-state index < -0.39 is 0 Å². The van der Waals surface area contributed by atoms with Crippen LogP contribution in [0.5, 0.6) is 0 Å². The highest BCUT2D eigenvalue weighted by molar-refractivity contribution is 6.32. The molecule has 156 valence electrons. The normalized spacial score (nSPS) is 14.3. The van der Waals surface area contributed by atoms with Crippen LogP contribution in [0.2, 0.25) is 5.15 Å². The molecule has 1 aliphatic rings. The highest BCUT2D eigenvalue weighted by Gasteiger charge is 2.25. The SMILES string of the molecule is Cc1ccc(C(=O)N2CCC(c3ccc(C#N)cc3)CC2)cc1-c1nc(C=O)[nH]c1Cl. The molecule has 1 aliphatic heterocycles. The standard InChI is InChI=1S/C24H21ClN4O2/c1-15-2-5-19(12-20(15)22-23(25)28-21(14-30)27-22)24(31)29-10-8-18(9-11-29)17-6-3-16(13-26)4-7-17/h2-7,12,14,18H,8-11H2,1H3,(H,27,28). The molecule has 2 aromatic carbocycles. The number of aldehydes is 1. The Morgan fingerprint density at radius 1 is 1.23 bits per heavy atom. The first kappa shape index (κ1) is 20.8. The summed E-state index contributed by atoms with van der Waals surface area (Å²) in [6.45, 7) is 3.26. The summed E-state index contributed by atoms with van der Waals surface area (Å²) < 4.78 is 0. The topological polar surface area (TPSA) is 89.8 Å². The second-order valence-electron chi connectivity index (χ2n) is 7.73. The highest BCUT2D eigenvalue weighted by Crippen LogP contribution is 2.31. The number of rotatable bonds is 4. The fourth-order valence-electron chi connectivity index (χ4n) is 4.04. The Morgan fingerprint density at radius 2 is 1.94 bits per heavy atom. The number of aromatic amines is 1. The molecule has 3 aromatic rings. The summed E-state index contributed by atoms with van der Waals surface area (Å²) >= 11 is 6.21. The van der Waals surface area contributed by atoms with Gasteiger partial charge in [0.15, 0.2) is 12.1 Å². The van der Waals surface area contributed by atoms with Gasteiger partial charge in [-0.2, -0.15) is 5.26 Å². The number of likely N-dealkylation sites (tertiary alicyclic amines) is 1. The van der Waals surface area contributed by atoms with Gasteiger partial charge in [0.25, 0.3) is 5.91 Å². The van der Waals surface area contributed by atoms with Gasteiger partial charge in [0.1, 0.15) is 10.8 Å². The lowest BCUT2D eigenvalue weighted by atomic mass is 9.88. The molecule has 0 bridgehead atoms. The van der Waals surface area contributed by atoms with E-state index in [2.05, 4.69) is 16.0 Å². The molecule has 0 atom stereocenters. The summed E-state index contributed by atoms with van der Waals surface area (Å²) in [6.07, 6.45) is 2.37. The third-order valence-electron chi connectivity index (χ3n) is 5.82. The molecule has 1 N–H and O–H groups in total. The molecule has 1 amide bonds. The van der Waals surface area contributed by atoms with Gasteiger partial charge in [-0.15, -0.1) is 0 Å². The Hall–Kier alpha value is -3.43. The van der Waals surface area contributed by atoms with E-state index in [0.717, 1.165) is 24.0 Å². The van der Waals surface area contributed by atoms with Crippen LogP contribution >= 0.6 is 11.6 Å². The van der Waals surface area contributed by atoms with Gasteiger partial charge in [-0.1, -0.05) is 29.8 Å². The van der Waals surface area contributed by atoms with Crippen molar-refractivity contribution in [3.8, 4) is 17.3 Å². The molecule has 7 heteroatoms. The monoisotopic (exact) mass is 432 g/mol. The maximum atomic E-state index is 13.1. The average Bonchev–Trinajstić information content (AvgIpc) is 3.19. The summed E-state index contributed by atoms with van der Waals surface area (Å²) in [5.41, 5.74) is 4.56. The average molecular weight is 433 g/mol. The number of hydrogen-bond acceptors (Lipinski definition) is 4. The molecule has 2 heterocycles. The minimum Gasteiger partial charge on any atom is -0.339 e. The largest absolute Gasteiger partial charge is 0.339 e. The molecule has 0 radical (unpaired) electrons. The second-order valence-corrected chi connectivity index (χ2v) is 8.11. The van der Waals surface area contributed by atoms with E-state index in [9.17, 15) is 9.59 Å². The minimum absolute atomic E-state index is 0.0261. The van der Waals surface area contributed by atoms with Crippen LogP contribution < -0.4 is 0 Å². The van der Waals surface area contributed by atoms with E-state index in [1.807, 2.05) is 48.2 Å². The van der Waals surface area contributed by atoms with Crippen molar-refractivity contribution in [2.75, 3.05) is 13.1 Å². The maximum Gasteiger partial charge on any atom is 0.253 e. The molecule has 6 nitrogen and oxygen atoms in total. The Labute approximate surface area is 185 Å². The molecular formula is C24H21ClN4O2. The van der Waals surface area contributed by atoms with Crippen molar-refractivity contribution < 1.29 is 9.59 Å². The lowest BCUT2D eigenvalue weighted by Gasteiger charge is -2.32. The van der Waals surface area contributed by atoms with Gasteiger partial charge >= 0.3 is 0 Å². The number of benzene rings is 2. The number of H-pyrrole nitrogens is 1. The molecule has 1 aromatic heterocycles. The van der Waals surface area contributed by atoms with Gasteiger partial charge in [0.2, 0.25) is 0 Å². The van der Waals surface area contributed by atoms with Crippen LogP contribution in [0.4, 0.5) is 0 Å². The summed E-state index contributed by atoms with van der Waals surface area (Å²) in [5, 5.41) is 9.23. The van der Waals surface area contributed by atoms with E-state index in [-0.39, 0.29) is 16.9 Å². The Bertz CT molecular complexity index is 1170. The van der Waals surface area contributed by atoms with Crippen LogP contribution in [0.15, 0.2) is 42.5 Å². The molecule has 0 aliphatic carbocycles. The Balaban J connectivity index is 1.49. The van der Waals surface area contributed by atoms with Gasteiger partial charge in [0.05, 0.1) is 11.6 Å². The van der Waals surface area contributed by atoms with Crippen molar-refractivity contribution >= 4 is 23.8 Å². The lowest BCUT2D eigenvalue weighted by Crippen LogP contribution is -2.37. The van der Waals surface area contributed by atoms with Crippen molar-refractivity contribution in [2.45, 2.75) is 25.7 Å². The first-order chi connectivity index (χ1) is 15.0. The number of aromatic nitrogens is 2. The lowest BCUT2D eigenvalue weighted by molar-refractivity contribution is 0.0713. The van der Waals surface area contributed by atoms with Crippen molar-refractivity contribution in [3.63, 3.8) is 0 Å². The van der Waals surface area contributed by atoms with E-state index in [1.165, 1.54) is 5.56 Å². The van der Waals surface area contributed by atoms with Crippen LogP contribution in [0.25, 0.3) is 11.3 Å². The summed E-state index contributed by atoms with van der Waals surface area (Å²) in [7, 11) is 0. The van der Waals surface area contributed by atoms with Gasteiger partial charge in [-0.25, -0.2) is 4.98 Å². The second kappa shape index (κ2) is 8.75. The van der Waals surface area contributed by atoms with Crippen LogP contribution in [-0.4, -0.2) is 40.2 Å². The van der Waals surface area contributed by atoms with Gasteiger partial charge in [-0.3, -0.25) is 9.59 Å². The predicted octanol–water partition coefficient (Wildman–Crippen LogP) is 4.74. The summed E-state index contributed by atoms with van der Waals surface area (Å²) in [4.78, 5) is 33.0. The number of carbonyl (C=O) groups excluding carboxylic acids is 2. The number of nitrogens with one attached hydrogen (secondary N) is 1. The summed E-state index contributed by atoms with van der Waals surface area (Å²) in [6, 6.07) is 15.3. The fraction of sp³-hybridized carbons (Fsp3) is 0.250. The van der Waals surface area contributed by atoms with Crippen LogP contribution in [0, 0.1) is 18.3 Å². The zero-order chi connectivity index (χ0) is 22.0. The van der Waals surface area contributed by atoms with Crippen molar-refractivity contribution in [2.24, 2.45) is 0 Å². The minimum atomic E-state index is -0.0261. The van der Waals surface area contributed by atoms with E-state index in [1.54, 1.807) is 6.07 Å². The van der Waals surface area contributed by atoms with Crippen molar-refractivity contribution in [1.29, 1.82) is 5.26 Å². The highest BCUT2D eigenvalue weighted by atomic mass is 35.5. The van der Waals surface area contributed by atoms with Crippen molar-refractivity contribution in [3.05, 3.63) is 75.7 Å². The first-order valence-corrected chi connectivity index (χ1v) is 10.5. The first-order valence-electron chi connectivity index (χ1n) is 10.1. The molecular weight excluding hydrogens is 412 g/mol. The number of amides is 1. The summed E-state index contributed by atoms with van der Waals surface area (Å²) in [5.74, 6) is 0.512. The fourth-order valence-corrected chi connectivity index (χ4v) is 4.28. The number of nitrogens with zero attached hydrogens (tertiary/aromatic N) is 3. The number of nitriles is 1. The Morgan fingerprint density at radius 3 is 2.55 bits per heavy atom. The predicted molar refractivity (Wildman–Crippen MR) is 118 cm³/mol. The van der Waals surface area contributed by atoms with E-state index >= 15 is 0 Å². The number of carbonyl (C=O) groups is 2. The zero-order valence-electron chi connectivity index (χ0n) is 17.1. The van der Waals surface area contributed by atoms with Crippen LogP contribution in [0.3, 0.4) is 0 Å². The van der Waals surface area contributed by atoms with E-state index in [0.29, 0.717) is 42.1 Å². The van der Waals surface area contributed by atoms with Gasteiger partial charge < -0.3 is 9.88 Å². The van der Waals surface area contributed by atoms with Gasteiger partial charge in [-0.05, 0) is 61.1 Å². The van der Waals surface area contributed by atoms with Crippen molar-refractivity contribution in [1.82, 2.24) is 14.9 Å². The molecule has 0 unspecified atom stereocenters.